The van der Waals surface area contributed by atoms with E-state index in [0.29, 0.717) is 5.69 Å². The van der Waals surface area contributed by atoms with Gasteiger partial charge in [0.25, 0.3) is 5.69 Å². The number of nitro groups is 1. The van der Waals surface area contributed by atoms with Crippen LogP contribution in [-0.2, 0) is 4.79 Å². The molecule has 2 aromatic carbocycles. The molecule has 0 spiro atoms. The lowest BCUT2D eigenvalue weighted by molar-refractivity contribution is -0.384. The number of carbonyl (C=O) groups excluding carboxylic acids is 1. The van der Waals surface area contributed by atoms with Crippen molar-refractivity contribution >= 4 is 29.0 Å². The van der Waals surface area contributed by atoms with Crippen molar-refractivity contribution in [1.82, 2.24) is 9.78 Å². The first-order chi connectivity index (χ1) is 13.0. The molecule has 8 heteroatoms. The summed E-state index contributed by atoms with van der Waals surface area (Å²) in [4.78, 5) is 23.5. The minimum absolute atomic E-state index is 0.0590. The van der Waals surface area contributed by atoms with Gasteiger partial charge in [-0.2, -0.15) is 5.10 Å². The average molecular weight is 382 g/mol. The standard InChI is InChI=1S/C19H18N4O3S/c1-13-19(14(2)22(21-13)16-8-4-3-5-9-16)27-12-18(24)20-15-7-6-10-17(11-15)23(25)26/h3-11H,12H2,1-2H3,(H,20,24). The van der Waals surface area contributed by atoms with Gasteiger partial charge in [-0.3, -0.25) is 14.9 Å². The van der Waals surface area contributed by atoms with Crippen molar-refractivity contribution in [2.75, 3.05) is 11.1 Å². The SMILES string of the molecule is Cc1nn(-c2ccccc2)c(C)c1SCC(=O)Nc1cccc([N+](=O)[O-])c1. The zero-order chi connectivity index (χ0) is 19.4. The van der Waals surface area contributed by atoms with Crippen molar-refractivity contribution in [3.8, 4) is 5.69 Å². The maximum absolute atomic E-state index is 12.2. The molecule has 0 saturated heterocycles. The van der Waals surface area contributed by atoms with E-state index in [0.717, 1.165) is 22.0 Å². The smallest absolute Gasteiger partial charge is 0.271 e. The number of para-hydroxylation sites is 1. The molecule has 0 aliphatic carbocycles. The number of hydrogen-bond donors (Lipinski definition) is 1. The highest BCUT2D eigenvalue weighted by molar-refractivity contribution is 8.00. The van der Waals surface area contributed by atoms with E-state index in [2.05, 4.69) is 10.4 Å². The lowest BCUT2D eigenvalue weighted by Crippen LogP contribution is -2.14. The number of thioether (sulfide) groups is 1. The topological polar surface area (TPSA) is 90.1 Å². The van der Waals surface area contributed by atoms with Crippen LogP contribution in [0, 0.1) is 24.0 Å². The highest BCUT2D eigenvalue weighted by Crippen LogP contribution is 2.28. The summed E-state index contributed by atoms with van der Waals surface area (Å²) in [6.07, 6.45) is 0. The summed E-state index contributed by atoms with van der Waals surface area (Å²) >= 11 is 1.40. The van der Waals surface area contributed by atoms with Gasteiger partial charge in [-0.25, -0.2) is 4.68 Å². The minimum atomic E-state index is -0.491. The Morgan fingerprint density at radius 3 is 2.63 bits per heavy atom. The van der Waals surface area contributed by atoms with E-state index in [1.54, 1.807) is 12.1 Å². The Balaban J connectivity index is 1.68. The number of aryl methyl sites for hydroxylation is 1. The van der Waals surface area contributed by atoms with Gasteiger partial charge in [0, 0.05) is 17.8 Å². The van der Waals surface area contributed by atoms with E-state index < -0.39 is 4.92 Å². The van der Waals surface area contributed by atoms with Gasteiger partial charge >= 0.3 is 0 Å². The second-order valence-electron chi connectivity index (χ2n) is 5.89. The summed E-state index contributed by atoms with van der Waals surface area (Å²) < 4.78 is 1.86. The lowest BCUT2D eigenvalue weighted by atomic mass is 10.3. The summed E-state index contributed by atoms with van der Waals surface area (Å²) in [5, 5.41) is 18.1. The fourth-order valence-electron chi connectivity index (χ4n) is 2.69. The minimum Gasteiger partial charge on any atom is -0.325 e. The van der Waals surface area contributed by atoms with Crippen LogP contribution in [0.5, 0.6) is 0 Å². The summed E-state index contributed by atoms with van der Waals surface area (Å²) in [5.41, 5.74) is 3.13. The van der Waals surface area contributed by atoms with E-state index in [4.69, 9.17) is 0 Å². The van der Waals surface area contributed by atoms with Crippen LogP contribution in [0.2, 0.25) is 0 Å². The number of nitrogens with zero attached hydrogens (tertiary/aromatic N) is 3. The molecule has 0 unspecified atom stereocenters. The molecule has 27 heavy (non-hydrogen) atoms. The van der Waals surface area contributed by atoms with Gasteiger partial charge in [0.2, 0.25) is 5.91 Å². The molecule has 0 fully saturated rings. The van der Waals surface area contributed by atoms with E-state index in [9.17, 15) is 14.9 Å². The zero-order valence-electron chi connectivity index (χ0n) is 14.9. The number of hydrogen-bond acceptors (Lipinski definition) is 5. The number of benzene rings is 2. The molecule has 1 amide bonds. The number of aromatic nitrogens is 2. The Hall–Kier alpha value is -3.13. The second kappa shape index (κ2) is 8.05. The molecule has 138 valence electrons. The summed E-state index contributed by atoms with van der Waals surface area (Å²) in [7, 11) is 0. The molecule has 0 aliphatic rings. The Morgan fingerprint density at radius 2 is 1.93 bits per heavy atom. The molecule has 1 heterocycles. The van der Waals surface area contributed by atoms with E-state index in [1.165, 1.54) is 23.9 Å². The number of carbonyl (C=O) groups is 1. The van der Waals surface area contributed by atoms with Crippen molar-refractivity contribution in [2.45, 2.75) is 18.7 Å². The van der Waals surface area contributed by atoms with Gasteiger partial charge in [0.05, 0.1) is 32.6 Å². The van der Waals surface area contributed by atoms with Gasteiger partial charge < -0.3 is 5.32 Å². The predicted octanol–water partition coefficient (Wildman–Crippen LogP) is 4.13. The molecule has 0 radical (unpaired) electrons. The van der Waals surface area contributed by atoms with Gasteiger partial charge in [-0.1, -0.05) is 24.3 Å². The van der Waals surface area contributed by atoms with Crippen LogP contribution in [0.1, 0.15) is 11.4 Å². The number of anilines is 1. The van der Waals surface area contributed by atoms with Gasteiger partial charge in [0.15, 0.2) is 0 Å². The molecule has 1 N–H and O–H groups in total. The first kappa shape index (κ1) is 18.7. The third-order valence-electron chi connectivity index (χ3n) is 3.91. The Morgan fingerprint density at radius 1 is 1.19 bits per heavy atom. The first-order valence-electron chi connectivity index (χ1n) is 8.24. The Bertz CT molecular complexity index is 986. The van der Waals surface area contributed by atoms with Gasteiger partial charge in [-0.05, 0) is 32.0 Å². The third-order valence-corrected chi connectivity index (χ3v) is 5.20. The fourth-order valence-corrected chi connectivity index (χ4v) is 3.58. The van der Waals surface area contributed by atoms with Crippen LogP contribution >= 0.6 is 11.8 Å². The molecule has 0 saturated carbocycles. The first-order valence-corrected chi connectivity index (χ1v) is 9.23. The van der Waals surface area contributed by atoms with Crippen molar-refractivity contribution in [3.63, 3.8) is 0 Å². The molecule has 1 aromatic heterocycles. The zero-order valence-corrected chi connectivity index (χ0v) is 15.7. The van der Waals surface area contributed by atoms with Gasteiger partial charge in [0.1, 0.15) is 0 Å². The number of rotatable bonds is 6. The molecule has 0 aliphatic heterocycles. The van der Waals surface area contributed by atoms with Crippen LogP contribution in [0.4, 0.5) is 11.4 Å². The van der Waals surface area contributed by atoms with Crippen LogP contribution in [0.3, 0.4) is 0 Å². The fraction of sp³-hybridized carbons (Fsp3) is 0.158. The highest BCUT2D eigenvalue weighted by atomic mass is 32.2. The van der Waals surface area contributed by atoms with Crippen LogP contribution in [-0.4, -0.2) is 26.4 Å². The third kappa shape index (κ3) is 4.35. The molecule has 7 nitrogen and oxygen atoms in total. The molecule has 3 rings (SSSR count). The summed E-state index contributed by atoms with van der Waals surface area (Å²) in [6, 6.07) is 15.7. The quantitative estimate of drug-likeness (QED) is 0.393. The average Bonchev–Trinajstić information content (AvgIpc) is 2.95. The Labute approximate surface area is 160 Å². The molecular weight excluding hydrogens is 364 g/mol. The number of amides is 1. The van der Waals surface area contributed by atoms with Crippen LogP contribution in [0.25, 0.3) is 5.69 Å². The van der Waals surface area contributed by atoms with Crippen molar-refractivity contribution in [2.24, 2.45) is 0 Å². The number of nitro benzene ring substituents is 1. The molecule has 0 atom stereocenters. The predicted molar refractivity (Wildman–Crippen MR) is 105 cm³/mol. The van der Waals surface area contributed by atoms with E-state index >= 15 is 0 Å². The van der Waals surface area contributed by atoms with Gasteiger partial charge in [-0.15, -0.1) is 11.8 Å². The van der Waals surface area contributed by atoms with Crippen molar-refractivity contribution in [3.05, 3.63) is 76.1 Å². The van der Waals surface area contributed by atoms with Crippen molar-refractivity contribution < 1.29 is 9.72 Å². The normalized spacial score (nSPS) is 10.6. The molecule has 3 aromatic rings. The van der Waals surface area contributed by atoms with E-state index in [1.807, 2.05) is 48.9 Å². The van der Waals surface area contributed by atoms with E-state index in [-0.39, 0.29) is 17.3 Å². The summed E-state index contributed by atoms with van der Waals surface area (Å²) in [5.74, 6) is -0.0445. The van der Waals surface area contributed by atoms with Crippen LogP contribution < -0.4 is 5.32 Å². The maximum atomic E-state index is 12.2. The maximum Gasteiger partial charge on any atom is 0.271 e. The molecule has 0 bridgehead atoms. The number of nitrogens with one attached hydrogen (secondary N) is 1. The second-order valence-corrected chi connectivity index (χ2v) is 6.88. The number of non-ortho nitro benzene ring substituents is 1. The summed E-state index contributed by atoms with van der Waals surface area (Å²) in [6.45, 7) is 3.88. The van der Waals surface area contributed by atoms with Crippen LogP contribution in [0.15, 0.2) is 59.5 Å². The van der Waals surface area contributed by atoms with Crippen molar-refractivity contribution in [1.29, 1.82) is 0 Å². The molecular formula is C19H18N4O3S. The lowest BCUT2D eigenvalue weighted by Gasteiger charge is -2.06. The highest BCUT2D eigenvalue weighted by Gasteiger charge is 2.15. The Kier molecular flexibility index (Phi) is 5.56. The largest absolute Gasteiger partial charge is 0.325 e. The monoisotopic (exact) mass is 382 g/mol.